The maximum Gasteiger partial charge on any atom is 0.325 e. The number of aromatic nitrogens is 2. The Morgan fingerprint density at radius 2 is 1.79 bits per heavy atom. The summed E-state index contributed by atoms with van der Waals surface area (Å²) in [6.45, 7) is 1.50. The number of likely N-dealkylation sites (tertiary alicyclic amines) is 1. The number of benzene rings is 3. The molecule has 0 unspecified atom stereocenters. The van der Waals surface area contributed by atoms with E-state index in [1.54, 1.807) is 41.4 Å². The van der Waals surface area contributed by atoms with Crippen molar-refractivity contribution in [2.24, 2.45) is 0 Å². The molecule has 0 bridgehead atoms. The van der Waals surface area contributed by atoms with Gasteiger partial charge in [-0.2, -0.15) is 0 Å². The van der Waals surface area contributed by atoms with Crippen LogP contribution in [0.5, 0.6) is 5.75 Å². The molecule has 2 aliphatic rings. The van der Waals surface area contributed by atoms with Crippen molar-refractivity contribution in [1.82, 2.24) is 25.1 Å². The fraction of sp³-hybridized carbons (Fsp3) is 0.250. The minimum Gasteiger partial charge on any atom is -0.484 e. The molecular formula is C32H29BrClN5O4. The van der Waals surface area contributed by atoms with Crippen LogP contribution in [0.25, 0.3) is 11.3 Å². The predicted molar refractivity (Wildman–Crippen MR) is 165 cm³/mol. The lowest BCUT2D eigenvalue weighted by Crippen LogP contribution is -2.36. The van der Waals surface area contributed by atoms with E-state index in [1.165, 1.54) is 4.90 Å². The maximum atomic E-state index is 13.8. The monoisotopic (exact) mass is 661 g/mol. The minimum atomic E-state index is -0.874. The molecule has 220 valence electrons. The number of imide groups is 1. The predicted octanol–water partition coefficient (Wildman–Crippen LogP) is 6.07. The highest BCUT2D eigenvalue weighted by molar-refractivity contribution is 9.10. The Bertz CT molecular complexity index is 1640. The summed E-state index contributed by atoms with van der Waals surface area (Å²) in [6, 6.07) is 20.0. The quantitative estimate of drug-likeness (QED) is 0.212. The molecule has 4 amide bonds. The standard InChI is InChI=1S/C32H29BrClN5O4/c33-22-10-13-24(25(34)17-22)26-18-35-30(36-26)27(16-20-6-2-1-3-7-20)39-31(41)29(37-32(39)42)21-8-11-23(12-9-21)43-19-28(40)38-14-4-5-15-38/h1-3,6-13,17-18,27,29H,4-5,14-16,19H2,(H,35,36)(H,37,42)/t27-,29+/m0/s1. The van der Waals surface area contributed by atoms with Crippen LogP contribution in [-0.4, -0.2) is 57.3 Å². The summed E-state index contributed by atoms with van der Waals surface area (Å²) in [7, 11) is 0. The molecule has 0 spiro atoms. The number of urea groups is 1. The zero-order chi connectivity index (χ0) is 29.9. The Morgan fingerprint density at radius 1 is 1.05 bits per heavy atom. The second kappa shape index (κ2) is 12.6. The molecule has 0 radical (unpaired) electrons. The molecule has 0 saturated carbocycles. The van der Waals surface area contributed by atoms with E-state index < -0.39 is 18.1 Å². The first-order valence-electron chi connectivity index (χ1n) is 14.1. The molecule has 4 aromatic rings. The highest BCUT2D eigenvalue weighted by Gasteiger charge is 2.44. The number of carbonyl (C=O) groups excluding carboxylic acids is 3. The highest BCUT2D eigenvalue weighted by Crippen LogP contribution is 2.35. The summed E-state index contributed by atoms with van der Waals surface area (Å²) in [5, 5.41) is 3.37. The van der Waals surface area contributed by atoms with Gasteiger partial charge in [-0.15, -0.1) is 0 Å². The van der Waals surface area contributed by atoms with Crippen LogP contribution in [0.4, 0.5) is 4.79 Å². The Hall–Kier alpha value is -4.15. The number of hydrogen-bond acceptors (Lipinski definition) is 5. The number of aromatic amines is 1. The van der Waals surface area contributed by atoms with Crippen LogP contribution in [0.15, 0.2) is 83.5 Å². The number of imidazole rings is 1. The van der Waals surface area contributed by atoms with Gasteiger partial charge in [-0.1, -0.05) is 76.1 Å². The summed E-state index contributed by atoms with van der Waals surface area (Å²) in [4.78, 5) is 50.5. The van der Waals surface area contributed by atoms with E-state index >= 15 is 0 Å². The zero-order valence-electron chi connectivity index (χ0n) is 23.1. The number of amides is 4. The van der Waals surface area contributed by atoms with Gasteiger partial charge >= 0.3 is 6.03 Å². The van der Waals surface area contributed by atoms with E-state index in [2.05, 4.69) is 31.2 Å². The molecule has 11 heteroatoms. The van der Waals surface area contributed by atoms with Crippen molar-refractivity contribution < 1.29 is 19.1 Å². The van der Waals surface area contributed by atoms with Crippen LogP contribution in [0, 0.1) is 0 Å². The first-order valence-corrected chi connectivity index (χ1v) is 15.2. The van der Waals surface area contributed by atoms with Gasteiger partial charge in [0.25, 0.3) is 11.8 Å². The van der Waals surface area contributed by atoms with Gasteiger partial charge in [-0.3, -0.25) is 14.5 Å². The number of hydrogen-bond donors (Lipinski definition) is 2. The average Bonchev–Trinajstić information content (AvgIpc) is 3.77. The van der Waals surface area contributed by atoms with Crippen molar-refractivity contribution in [1.29, 1.82) is 0 Å². The Labute approximate surface area is 262 Å². The summed E-state index contributed by atoms with van der Waals surface area (Å²) in [5.74, 6) is 0.557. The molecule has 2 N–H and O–H groups in total. The average molecular weight is 663 g/mol. The van der Waals surface area contributed by atoms with Crippen molar-refractivity contribution in [3.8, 4) is 17.0 Å². The largest absolute Gasteiger partial charge is 0.484 e. The topological polar surface area (TPSA) is 108 Å². The molecule has 2 aliphatic heterocycles. The number of H-pyrrole nitrogens is 1. The van der Waals surface area contributed by atoms with Gasteiger partial charge in [0.1, 0.15) is 23.7 Å². The lowest BCUT2D eigenvalue weighted by atomic mass is 10.0. The number of nitrogens with one attached hydrogen (secondary N) is 2. The summed E-state index contributed by atoms with van der Waals surface area (Å²) in [5.41, 5.74) is 2.98. The number of nitrogens with zero attached hydrogens (tertiary/aromatic N) is 3. The Morgan fingerprint density at radius 3 is 2.51 bits per heavy atom. The Kier molecular flexibility index (Phi) is 8.49. The van der Waals surface area contributed by atoms with Gasteiger partial charge in [0.15, 0.2) is 6.61 Å². The molecule has 43 heavy (non-hydrogen) atoms. The fourth-order valence-electron chi connectivity index (χ4n) is 5.47. The number of rotatable bonds is 9. The van der Waals surface area contributed by atoms with Crippen LogP contribution in [0.1, 0.15) is 41.9 Å². The van der Waals surface area contributed by atoms with Crippen LogP contribution in [-0.2, 0) is 16.0 Å². The second-order valence-electron chi connectivity index (χ2n) is 10.5. The molecule has 2 saturated heterocycles. The third-order valence-electron chi connectivity index (χ3n) is 7.72. The molecule has 2 fully saturated rings. The third kappa shape index (κ3) is 6.30. The molecule has 1 aromatic heterocycles. The molecule has 3 aromatic carbocycles. The van der Waals surface area contributed by atoms with E-state index in [0.717, 1.165) is 41.5 Å². The van der Waals surface area contributed by atoms with Crippen molar-refractivity contribution in [3.05, 3.63) is 105 Å². The summed E-state index contributed by atoms with van der Waals surface area (Å²) >= 11 is 9.91. The van der Waals surface area contributed by atoms with Gasteiger partial charge in [-0.25, -0.2) is 9.78 Å². The molecule has 6 rings (SSSR count). The lowest BCUT2D eigenvalue weighted by Gasteiger charge is -2.24. The maximum absolute atomic E-state index is 13.8. The second-order valence-corrected chi connectivity index (χ2v) is 11.9. The van der Waals surface area contributed by atoms with Gasteiger partial charge in [-0.05, 0) is 48.2 Å². The SMILES string of the molecule is O=C(COc1ccc([C@H]2NC(=O)N([C@@H](Cc3ccccc3)c3ncc(-c4ccc(Br)cc4Cl)[nH]3)C2=O)cc1)N1CCCC1. The molecule has 9 nitrogen and oxygen atoms in total. The van der Waals surface area contributed by atoms with E-state index in [0.29, 0.717) is 34.3 Å². The number of carbonyl (C=O) groups is 3. The first kappa shape index (κ1) is 28.9. The van der Waals surface area contributed by atoms with Gasteiger partial charge in [0.2, 0.25) is 0 Å². The first-order chi connectivity index (χ1) is 20.9. The van der Waals surface area contributed by atoms with Crippen LogP contribution in [0.2, 0.25) is 5.02 Å². The van der Waals surface area contributed by atoms with Gasteiger partial charge < -0.3 is 19.9 Å². The van der Waals surface area contributed by atoms with E-state index in [1.807, 2.05) is 42.5 Å². The van der Waals surface area contributed by atoms with Crippen molar-refractivity contribution in [2.75, 3.05) is 19.7 Å². The fourth-order valence-corrected chi connectivity index (χ4v) is 6.25. The van der Waals surface area contributed by atoms with Crippen molar-refractivity contribution in [3.63, 3.8) is 0 Å². The van der Waals surface area contributed by atoms with E-state index in [4.69, 9.17) is 16.3 Å². The van der Waals surface area contributed by atoms with Crippen LogP contribution < -0.4 is 10.1 Å². The van der Waals surface area contributed by atoms with Crippen LogP contribution >= 0.6 is 27.5 Å². The normalized spacial score (nSPS) is 17.3. The van der Waals surface area contributed by atoms with E-state index in [-0.39, 0.29) is 18.4 Å². The summed E-state index contributed by atoms with van der Waals surface area (Å²) in [6.07, 6.45) is 4.06. The van der Waals surface area contributed by atoms with E-state index in [9.17, 15) is 14.4 Å². The molecule has 3 heterocycles. The van der Waals surface area contributed by atoms with Crippen LogP contribution in [0.3, 0.4) is 0 Å². The minimum absolute atomic E-state index is 0.0377. The zero-order valence-corrected chi connectivity index (χ0v) is 25.5. The van der Waals surface area contributed by atoms with Gasteiger partial charge in [0.05, 0.1) is 16.9 Å². The smallest absolute Gasteiger partial charge is 0.325 e. The highest BCUT2D eigenvalue weighted by atomic mass is 79.9. The molecular weight excluding hydrogens is 634 g/mol. The number of halogens is 2. The third-order valence-corrected chi connectivity index (χ3v) is 8.53. The lowest BCUT2D eigenvalue weighted by molar-refractivity contribution is -0.132. The molecule has 0 aliphatic carbocycles. The number of ether oxygens (including phenoxy) is 1. The van der Waals surface area contributed by atoms with Crippen molar-refractivity contribution in [2.45, 2.75) is 31.3 Å². The Balaban J connectivity index is 1.22. The summed E-state index contributed by atoms with van der Waals surface area (Å²) < 4.78 is 6.54. The van der Waals surface area contributed by atoms with Gasteiger partial charge in [0, 0.05) is 29.5 Å². The van der Waals surface area contributed by atoms with Crippen molar-refractivity contribution >= 4 is 45.4 Å². The molecule has 2 atom stereocenters.